The maximum Gasteiger partial charge on any atom is 0.142 e. The van der Waals surface area contributed by atoms with Crippen molar-refractivity contribution in [2.75, 3.05) is 0 Å². The smallest absolute Gasteiger partial charge is 0.142 e. The fraction of sp³-hybridized carbons (Fsp3) is 0.0256. The normalized spacial score (nSPS) is 15.7. The molecule has 0 saturated carbocycles. The van der Waals surface area contributed by atoms with Crippen LogP contribution in [0, 0.1) is 0 Å². The van der Waals surface area contributed by atoms with E-state index in [0.717, 1.165) is 76.1 Å². The van der Waals surface area contributed by atoms with E-state index in [2.05, 4.69) is 149 Å². The van der Waals surface area contributed by atoms with Crippen molar-refractivity contribution in [1.82, 2.24) is 0 Å². The van der Waals surface area contributed by atoms with Crippen LogP contribution in [0.3, 0.4) is 0 Å². The highest BCUT2D eigenvalue weighted by atomic mass is 79.9. The van der Waals surface area contributed by atoms with Crippen LogP contribution in [0.15, 0.2) is 150 Å². The molecule has 1 aliphatic rings. The van der Waals surface area contributed by atoms with E-state index in [9.17, 15) is 5.11 Å². The summed E-state index contributed by atoms with van der Waals surface area (Å²) in [5, 5.41) is 17.8. The molecule has 1 atom stereocenters. The highest BCUT2D eigenvalue weighted by Gasteiger charge is 2.42. The Morgan fingerprint density at radius 1 is 0.439 bits per heavy atom. The van der Waals surface area contributed by atoms with E-state index in [4.69, 9.17) is 0 Å². The molecule has 0 spiro atoms. The Labute approximate surface area is 247 Å². The summed E-state index contributed by atoms with van der Waals surface area (Å²) in [6, 6.07) is 50.8. The Hall–Kier alpha value is -4.50. The summed E-state index contributed by atoms with van der Waals surface area (Å²) in [4.78, 5) is 0. The molecule has 0 heterocycles. The van der Waals surface area contributed by atoms with Gasteiger partial charge in [0.05, 0.1) is 0 Å². The van der Waals surface area contributed by atoms with E-state index in [1.54, 1.807) is 0 Å². The van der Waals surface area contributed by atoms with E-state index < -0.39 is 5.60 Å². The first-order valence-electron chi connectivity index (χ1n) is 13.9. The SMILES string of the molecule is OC1(c2cccc3cccc(-c4ccccc4)c23)c2cc(Br)ccc2-c2ccc(-c3ccccc3)c3cccc1c23. The molecular weight excluding hydrogens is 564 g/mol. The Morgan fingerprint density at radius 2 is 1.02 bits per heavy atom. The van der Waals surface area contributed by atoms with Gasteiger partial charge in [0, 0.05) is 21.2 Å². The van der Waals surface area contributed by atoms with Gasteiger partial charge in [-0.15, -0.1) is 0 Å². The summed E-state index contributed by atoms with van der Waals surface area (Å²) in [5.74, 6) is 0. The zero-order chi connectivity index (χ0) is 27.6. The lowest BCUT2D eigenvalue weighted by Crippen LogP contribution is -2.32. The number of benzene rings is 7. The maximum atomic E-state index is 13.4. The third-order valence-corrected chi connectivity index (χ3v) is 9.05. The molecule has 0 radical (unpaired) electrons. The Bertz CT molecular complexity index is 2110. The zero-order valence-corrected chi connectivity index (χ0v) is 23.8. The van der Waals surface area contributed by atoms with E-state index in [1.807, 2.05) is 12.1 Å². The van der Waals surface area contributed by atoms with E-state index in [1.165, 1.54) is 0 Å². The first kappa shape index (κ1) is 24.3. The van der Waals surface area contributed by atoms with Gasteiger partial charge in [0.2, 0.25) is 0 Å². The summed E-state index contributed by atoms with van der Waals surface area (Å²) < 4.78 is 0.940. The number of aliphatic hydroxyl groups is 1. The minimum absolute atomic E-state index is 0.884. The summed E-state index contributed by atoms with van der Waals surface area (Å²) >= 11 is 3.72. The first-order chi connectivity index (χ1) is 20.1. The largest absolute Gasteiger partial charge is 0.376 e. The third-order valence-electron chi connectivity index (χ3n) is 8.56. The van der Waals surface area contributed by atoms with Gasteiger partial charge in [0.1, 0.15) is 5.60 Å². The molecule has 8 rings (SSSR count). The predicted octanol–water partition coefficient (Wildman–Crippen LogP) is 10.4. The molecule has 1 N–H and O–H groups in total. The molecule has 194 valence electrons. The number of hydrogen-bond acceptors (Lipinski definition) is 1. The van der Waals surface area contributed by atoms with Crippen LogP contribution >= 0.6 is 15.9 Å². The molecule has 0 fully saturated rings. The van der Waals surface area contributed by atoms with Crippen molar-refractivity contribution in [2.45, 2.75) is 5.60 Å². The Kier molecular flexibility index (Phi) is 5.50. The molecule has 2 heteroatoms. The first-order valence-corrected chi connectivity index (χ1v) is 14.7. The van der Waals surface area contributed by atoms with Crippen molar-refractivity contribution in [1.29, 1.82) is 0 Å². The van der Waals surface area contributed by atoms with E-state index in [-0.39, 0.29) is 0 Å². The minimum atomic E-state index is -1.38. The van der Waals surface area contributed by atoms with Crippen LogP contribution in [0.2, 0.25) is 0 Å². The molecule has 0 bridgehead atoms. The average molecular weight is 590 g/mol. The Balaban J connectivity index is 1.53. The fourth-order valence-corrected chi connectivity index (χ4v) is 7.15. The molecule has 0 saturated heterocycles. The van der Waals surface area contributed by atoms with Crippen LogP contribution in [0.1, 0.15) is 16.7 Å². The van der Waals surface area contributed by atoms with Gasteiger partial charge in [-0.1, -0.05) is 149 Å². The standard InChI is InChI=1S/C39H25BrO/c40-28-20-21-31-33-23-22-29(25-10-3-1-4-11-25)32-17-9-19-35(38(32)33)39(41,36(31)24-28)34-18-8-15-27-14-7-16-30(37(27)34)26-12-5-2-6-13-26/h1-24,41H. The number of fused-ring (bicyclic) bond motifs is 3. The number of hydrogen-bond donors (Lipinski definition) is 1. The lowest BCUT2D eigenvalue weighted by molar-refractivity contribution is 0.128. The van der Waals surface area contributed by atoms with Crippen molar-refractivity contribution >= 4 is 37.5 Å². The molecule has 0 aromatic heterocycles. The van der Waals surface area contributed by atoms with Gasteiger partial charge in [-0.2, -0.15) is 0 Å². The van der Waals surface area contributed by atoms with Gasteiger partial charge < -0.3 is 5.11 Å². The third kappa shape index (κ3) is 3.58. The number of rotatable bonds is 3. The van der Waals surface area contributed by atoms with Gasteiger partial charge in [-0.05, 0) is 67.1 Å². The van der Waals surface area contributed by atoms with Crippen molar-refractivity contribution < 1.29 is 5.11 Å². The van der Waals surface area contributed by atoms with E-state index >= 15 is 0 Å². The van der Waals surface area contributed by atoms with Crippen LogP contribution in [-0.2, 0) is 5.60 Å². The summed E-state index contributed by atoms with van der Waals surface area (Å²) in [7, 11) is 0. The lowest BCUT2D eigenvalue weighted by Gasteiger charge is -2.38. The molecule has 1 unspecified atom stereocenters. The van der Waals surface area contributed by atoms with Gasteiger partial charge in [-0.3, -0.25) is 0 Å². The van der Waals surface area contributed by atoms with Crippen molar-refractivity contribution in [3.05, 3.63) is 167 Å². The van der Waals surface area contributed by atoms with Crippen LogP contribution < -0.4 is 0 Å². The van der Waals surface area contributed by atoms with Gasteiger partial charge in [0.25, 0.3) is 0 Å². The van der Waals surface area contributed by atoms with Crippen LogP contribution in [0.4, 0.5) is 0 Å². The van der Waals surface area contributed by atoms with Crippen LogP contribution in [-0.4, -0.2) is 5.11 Å². The molecule has 0 aliphatic heterocycles. The summed E-state index contributed by atoms with van der Waals surface area (Å²) in [5.41, 5.74) is 8.05. The van der Waals surface area contributed by atoms with Gasteiger partial charge in [0.15, 0.2) is 0 Å². The number of halogens is 1. The van der Waals surface area contributed by atoms with Crippen LogP contribution in [0.5, 0.6) is 0 Å². The summed E-state index contributed by atoms with van der Waals surface area (Å²) in [6.45, 7) is 0. The monoisotopic (exact) mass is 588 g/mol. The quantitative estimate of drug-likeness (QED) is 0.217. The lowest BCUT2D eigenvalue weighted by atomic mass is 9.69. The molecule has 41 heavy (non-hydrogen) atoms. The van der Waals surface area contributed by atoms with Gasteiger partial charge in [-0.25, -0.2) is 0 Å². The second-order valence-electron chi connectivity index (χ2n) is 10.7. The maximum absolute atomic E-state index is 13.4. The van der Waals surface area contributed by atoms with Crippen LogP contribution in [0.25, 0.3) is 54.9 Å². The summed E-state index contributed by atoms with van der Waals surface area (Å²) in [6.07, 6.45) is 0. The molecule has 7 aromatic carbocycles. The molecule has 0 amide bonds. The van der Waals surface area contributed by atoms with E-state index in [0.29, 0.717) is 0 Å². The predicted molar refractivity (Wildman–Crippen MR) is 174 cm³/mol. The highest BCUT2D eigenvalue weighted by Crippen LogP contribution is 2.54. The van der Waals surface area contributed by atoms with Crippen molar-refractivity contribution in [3.63, 3.8) is 0 Å². The second-order valence-corrected chi connectivity index (χ2v) is 11.6. The van der Waals surface area contributed by atoms with Gasteiger partial charge >= 0.3 is 0 Å². The topological polar surface area (TPSA) is 20.2 Å². The minimum Gasteiger partial charge on any atom is -0.376 e. The molecule has 7 aromatic rings. The second kappa shape index (κ2) is 9.27. The zero-order valence-electron chi connectivity index (χ0n) is 22.2. The molecule has 1 aliphatic carbocycles. The highest BCUT2D eigenvalue weighted by molar-refractivity contribution is 9.10. The van der Waals surface area contributed by atoms with Crippen molar-refractivity contribution in [2.24, 2.45) is 0 Å². The van der Waals surface area contributed by atoms with Crippen molar-refractivity contribution in [3.8, 4) is 33.4 Å². The molecule has 1 nitrogen and oxygen atoms in total. The Morgan fingerprint density at radius 3 is 1.76 bits per heavy atom. The fourth-order valence-electron chi connectivity index (χ4n) is 6.79. The molecular formula is C39H25BrO. The average Bonchev–Trinajstić information content (AvgIpc) is 3.03.